The van der Waals surface area contributed by atoms with Gasteiger partial charge < -0.3 is 5.11 Å². The van der Waals surface area contributed by atoms with Crippen molar-refractivity contribution >= 4 is 0 Å². The van der Waals surface area contributed by atoms with Crippen molar-refractivity contribution in [2.75, 3.05) is 26.2 Å². The molecule has 0 spiro atoms. The van der Waals surface area contributed by atoms with E-state index in [-0.39, 0.29) is 6.61 Å². The molecule has 1 N–H and O–H groups in total. The van der Waals surface area contributed by atoms with Gasteiger partial charge in [-0.3, -0.25) is 9.80 Å². The van der Waals surface area contributed by atoms with Crippen molar-refractivity contribution in [3.8, 4) is 0 Å². The van der Waals surface area contributed by atoms with Gasteiger partial charge in [0.2, 0.25) is 0 Å². The van der Waals surface area contributed by atoms with Crippen LogP contribution in [0.1, 0.15) is 31.4 Å². The number of aliphatic hydroxyl groups excluding tert-OH is 1. The second-order valence-corrected chi connectivity index (χ2v) is 6.15. The average molecular weight is 276 g/mol. The lowest BCUT2D eigenvalue weighted by atomic mass is 10.0. The lowest BCUT2D eigenvalue weighted by molar-refractivity contribution is 0.0388. The summed E-state index contributed by atoms with van der Waals surface area (Å²) in [5, 5.41) is 9.34. The molecule has 1 heterocycles. The van der Waals surface area contributed by atoms with E-state index in [0.29, 0.717) is 12.1 Å². The molecule has 1 aromatic carbocycles. The zero-order valence-corrected chi connectivity index (χ0v) is 13.0. The van der Waals surface area contributed by atoms with E-state index < -0.39 is 0 Å². The number of aliphatic hydroxyl groups is 1. The fraction of sp³-hybridized carbons (Fsp3) is 0.647. The van der Waals surface area contributed by atoms with Crippen LogP contribution >= 0.6 is 0 Å². The zero-order chi connectivity index (χ0) is 14.5. The average Bonchev–Trinajstić information content (AvgIpc) is 2.43. The number of aryl methyl sites for hydroxylation is 1. The van der Waals surface area contributed by atoms with Gasteiger partial charge in [0, 0.05) is 44.9 Å². The highest BCUT2D eigenvalue weighted by Gasteiger charge is 2.27. The molecule has 1 fully saturated rings. The molecule has 1 saturated heterocycles. The van der Waals surface area contributed by atoms with E-state index in [9.17, 15) is 5.11 Å². The number of hydrogen-bond acceptors (Lipinski definition) is 3. The fourth-order valence-electron chi connectivity index (χ4n) is 3.02. The number of hydrogen-bond donors (Lipinski definition) is 1. The first-order valence-electron chi connectivity index (χ1n) is 7.75. The van der Waals surface area contributed by atoms with E-state index >= 15 is 0 Å². The molecule has 1 aliphatic heterocycles. The highest BCUT2D eigenvalue weighted by molar-refractivity contribution is 5.25. The van der Waals surface area contributed by atoms with Crippen LogP contribution in [0.5, 0.6) is 0 Å². The van der Waals surface area contributed by atoms with Gasteiger partial charge in [-0.15, -0.1) is 0 Å². The van der Waals surface area contributed by atoms with Crippen LogP contribution in [0, 0.1) is 6.92 Å². The largest absolute Gasteiger partial charge is 0.396 e. The summed E-state index contributed by atoms with van der Waals surface area (Å²) in [6.07, 6.45) is 0.870. The minimum Gasteiger partial charge on any atom is -0.396 e. The van der Waals surface area contributed by atoms with Gasteiger partial charge in [-0.05, 0) is 38.3 Å². The Labute approximate surface area is 123 Å². The van der Waals surface area contributed by atoms with Gasteiger partial charge in [0.15, 0.2) is 0 Å². The maximum absolute atomic E-state index is 9.34. The standard InChI is InChI=1S/C17H28N2O/c1-14(2)18-9-10-19(17(13-18)8-11-20)12-16-7-5-4-6-15(16)3/h4-7,14,17,20H,8-13H2,1-3H3/t17-/m0/s1. The fourth-order valence-corrected chi connectivity index (χ4v) is 3.02. The molecule has 1 aliphatic rings. The molecular formula is C17H28N2O. The Hall–Kier alpha value is -0.900. The summed E-state index contributed by atoms with van der Waals surface area (Å²) in [6.45, 7) is 11.3. The van der Waals surface area contributed by atoms with Crippen LogP contribution in [0.15, 0.2) is 24.3 Å². The quantitative estimate of drug-likeness (QED) is 0.894. The van der Waals surface area contributed by atoms with E-state index in [1.807, 2.05) is 0 Å². The first-order chi connectivity index (χ1) is 9.61. The molecule has 1 aromatic rings. The van der Waals surface area contributed by atoms with E-state index in [1.54, 1.807) is 0 Å². The summed E-state index contributed by atoms with van der Waals surface area (Å²) in [4.78, 5) is 5.06. The Morgan fingerprint density at radius 2 is 2.00 bits per heavy atom. The Kier molecular flexibility index (Phi) is 5.58. The van der Waals surface area contributed by atoms with Crippen molar-refractivity contribution in [2.45, 2.75) is 45.8 Å². The van der Waals surface area contributed by atoms with Gasteiger partial charge in [-0.2, -0.15) is 0 Å². The molecular weight excluding hydrogens is 248 g/mol. The first-order valence-corrected chi connectivity index (χ1v) is 7.75. The zero-order valence-electron chi connectivity index (χ0n) is 13.0. The van der Waals surface area contributed by atoms with Crippen molar-refractivity contribution in [3.63, 3.8) is 0 Å². The molecule has 3 heteroatoms. The lowest BCUT2D eigenvalue weighted by Gasteiger charge is -2.43. The molecule has 2 rings (SSSR count). The van der Waals surface area contributed by atoms with E-state index in [2.05, 4.69) is 54.8 Å². The van der Waals surface area contributed by atoms with E-state index in [4.69, 9.17) is 0 Å². The molecule has 0 aliphatic carbocycles. The molecule has 0 saturated carbocycles. The van der Waals surface area contributed by atoms with Crippen molar-refractivity contribution in [1.82, 2.24) is 9.80 Å². The third-order valence-corrected chi connectivity index (χ3v) is 4.46. The summed E-state index contributed by atoms with van der Waals surface area (Å²) in [7, 11) is 0. The van der Waals surface area contributed by atoms with Gasteiger partial charge >= 0.3 is 0 Å². The van der Waals surface area contributed by atoms with Crippen LogP contribution in [-0.2, 0) is 6.54 Å². The molecule has 0 unspecified atom stereocenters. The molecule has 0 bridgehead atoms. The summed E-state index contributed by atoms with van der Waals surface area (Å²) in [5.74, 6) is 0. The predicted molar refractivity (Wildman–Crippen MR) is 83.8 cm³/mol. The Bertz CT molecular complexity index is 419. The molecule has 0 aromatic heterocycles. The second kappa shape index (κ2) is 7.21. The third-order valence-electron chi connectivity index (χ3n) is 4.46. The van der Waals surface area contributed by atoms with Crippen molar-refractivity contribution in [2.24, 2.45) is 0 Å². The Balaban J connectivity index is 2.04. The minimum atomic E-state index is 0.279. The molecule has 3 nitrogen and oxygen atoms in total. The van der Waals surface area contributed by atoms with Gasteiger partial charge in [0.25, 0.3) is 0 Å². The summed E-state index contributed by atoms with van der Waals surface area (Å²) in [5.41, 5.74) is 2.77. The SMILES string of the molecule is Cc1ccccc1CN1CCN(C(C)C)C[C@@H]1CCO. The van der Waals surface area contributed by atoms with Crippen LogP contribution in [-0.4, -0.2) is 53.2 Å². The minimum absolute atomic E-state index is 0.279. The normalized spacial score (nSPS) is 21.6. The van der Waals surface area contributed by atoms with Crippen LogP contribution < -0.4 is 0 Å². The maximum Gasteiger partial charge on any atom is 0.0446 e. The van der Waals surface area contributed by atoms with Crippen molar-refractivity contribution in [3.05, 3.63) is 35.4 Å². The molecule has 0 amide bonds. The highest BCUT2D eigenvalue weighted by Crippen LogP contribution is 2.19. The number of piperazine rings is 1. The first kappa shape index (κ1) is 15.5. The second-order valence-electron chi connectivity index (χ2n) is 6.15. The monoisotopic (exact) mass is 276 g/mol. The Morgan fingerprint density at radius 3 is 2.65 bits per heavy atom. The maximum atomic E-state index is 9.34. The number of benzene rings is 1. The Morgan fingerprint density at radius 1 is 1.25 bits per heavy atom. The predicted octanol–water partition coefficient (Wildman–Crippen LogP) is 2.27. The smallest absolute Gasteiger partial charge is 0.0446 e. The topological polar surface area (TPSA) is 26.7 Å². The van der Waals surface area contributed by atoms with Crippen molar-refractivity contribution in [1.29, 1.82) is 0 Å². The lowest BCUT2D eigenvalue weighted by Crippen LogP contribution is -2.54. The molecule has 1 atom stereocenters. The van der Waals surface area contributed by atoms with Crippen LogP contribution in [0.4, 0.5) is 0 Å². The van der Waals surface area contributed by atoms with Gasteiger partial charge in [-0.25, -0.2) is 0 Å². The van der Waals surface area contributed by atoms with Crippen LogP contribution in [0.3, 0.4) is 0 Å². The van der Waals surface area contributed by atoms with Crippen molar-refractivity contribution < 1.29 is 5.11 Å². The van der Waals surface area contributed by atoms with E-state index in [0.717, 1.165) is 32.6 Å². The molecule has 0 radical (unpaired) electrons. The van der Waals surface area contributed by atoms with Crippen LogP contribution in [0.2, 0.25) is 0 Å². The summed E-state index contributed by atoms with van der Waals surface area (Å²) >= 11 is 0. The third kappa shape index (κ3) is 3.81. The number of rotatable bonds is 5. The van der Waals surface area contributed by atoms with Gasteiger partial charge in [0.05, 0.1) is 0 Å². The van der Waals surface area contributed by atoms with E-state index in [1.165, 1.54) is 11.1 Å². The van der Waals surface area contributed by atoms with Gasteiger partial charge in [0.1, 0.15) is 0 Å². The van der Waals surface area contributed by atoms with Crippen LogP contribution in [0.25, 0.3) is 0 Å². The number of nitrogens with zero attached hydrogens (tertiary/aromatic N) is 2. The summed E-state index contributed by atoms with van der Waals surface area (Å²) in [6, 6.07) is 9.68. The molecule has 112 valence electrons. The van der Waals surface area contributed by atoms with Gasteiger partial charge in [-0.1, -0.05) is 24.3 Å². The summed E-state index contributed by atoms with van der Waals surface area (Å²) < 4.78 is 0. The molecule has 20 heavy (non-hydrogen) atoms. The highest BCUT2D eigenvalue weighted by atomic mass is 16.3.